The quantitative estimate of drug-likeness (QED) is 0.796. The number of hydrogen-bond donors (Lipinski definition) is 2. The maximum absolute atomic E-state index is 13.3. The van der Waals surface area contributed by atoms with E-state index in [1.165, 1.54) is 6.07 Å². The molecule has 17 heavy (non-hydrogen) atoms. The number of nitrogen functional groups attached to an aromatic ring is 1. The highest BCUT2D eigenvalue weighted by atomic mass is 19.1. The van der Waals surface area contributed by atoms with Crippen molar-refractivity contribution in [3.05, 3.63) is 24.0 Å². The van der Waals surface area contributed by atoms with Crippen molar-refractivity contribution >= 4 is 11.4 Å². The second kappa shape index (κ2) is 4.18. The summed E-state index contributed by atoms with van der Waals surface area (Å²) >= 11 is 0. The Hall–Kier alpha value is -1.29. The minimum Gasteiger partial charge on any atom is -0.395 e. The molecule has 1 saturated carbocycles. The normalized spacial score (nSPS) is 26.4. The molecule has 0 spiro atoms. The predicted octanol–water partition coefficient (Wildman–Crippen LogP) is 2.63. The van der Waals surface area contributed by atoms with E-state index in [-0.39, 0.29) is 29.1 Å². The summed E-state index contributed by atoms with van der Waals surface area (Å²) < 4.78 is 18.7. The molecular formula is C13H19FN2O. The first kappa shape index (κ1) is 12.2. The molecule has 2 rings (SSSR count). The summed E-state index contributed by atoms with van der Waals surface area (Å²) in [5.41, 5.74) is 6.58. The lowest BCUT2D eigenvalue weighted by Gasteiger charge is -2.51. The van der Waals surface area contributed by atoms with Crippen LogP contribution in [0.15, 0.2) is 18.2 Å². The molecule has 94 valence electrons. The molecule has 2 unspecified atom stereocenters. The summed E-state index contributed by atoms with van der Waals surface area (Å²) in [6.07, 6.45) is 1.16. The minimum atomic E-state index is -0.379. The molecule has 1 fully saturated rings. The number of nitrogens with two attached hydrogens (primary N) is 1. The summed E-state index contributed by atoms with van der Waals surface area (Å²) in [5, 5.41) is 3.30. The summed E-state index contributed by atoms with van der Waals surface area (Å²) in [5.74, 6) is -0.379. The van der Waals surface area contributed by atoms with Gasteiger partial charge in [-0.3, -0.25) is 0 Å². The lowest BCUT2D eigenvalue weighted by atomic mass is 9.64. The van der Waals surface area contributed by atoms with Crippen LogP contribution in [0, 0.1) is 11.2 Å². The summed E-state index contributed by atoms with van der Waals surface area (Å²) in [6.45, 7) is 4.27. The van der Waals surface area contributed by atoms with Crippen molar-refractivity contribution in [2.24, 2.45) is 5.41 Å². The van der Waals surface area contributed by atoms with Crippen molar-refractivity contribution < 1.29 is 9.13 Å². The molecule has 1 aromatic carbocycles. The van der Waals surface area contributed by atoms with Gasteiger partial charge in [0, 0.05) is 18.6 Å². The lowest BCUT2D eigenvalue weighted by Crippen LogP contribution is -2.57. The number of benzene rings is 1. The number of rotatable bonds is 3. The molecule has 1 aliphatic carbocycles. The maximum Gasteiger partial charge on any atom is 0.148 e. The van der Waals surface area contributed by atoms with Crippen molar-refractivity contribution in [2.75, 3.05) is 18.2 Å². The van der Waals surface area contributed by atoms with E-state index in [4.69, 9.17) is 10.5 Å². The zero-order valence-corrected chi connectivity index (χ0v) is 10.5. The Bertz CT molecular complexity index is 420. The van der Waals surface area contributed by atoms with Crippen LogP contribution < -0.4 is 11.1 Å². The molecule has 0 amide bonds. The molecule has 1 aliphatic rings. The van der Waals surface area contributed by atoms with E-state index in [0.717, 1.165) is 6.42 Å². The second-order valence-corrected chi connectivity index (χ2v) is 5.18. The molecule has 3 N–H and O–H groups in total. The number of anilines is 2. The first-order valence-electron chi connectivity index (χ1n) is 5.80. The Morgan fingerprint density at radius 2 is 2.18 bits per heavy atom. The SMILES string of the molecule is COC1CC(Nc2cccc(F)c2N)C1(C)C. The zero-order chi connectivity index (χ0) is 12.6. The van der Waals surface area contributed by atoms with E-state index >= 15 is 0 Å². The monoisotopic (exact) mass is 238 g/mol. The third-order valence-electron chi connectivity index (χ3n) is 3.84. The highest BCUT2D eigenvalue weighted by Crippen LogP contribution is 2.44. The first-order chi connectivity index (χ1) is 7.96. The molecule has 0 saturated heterocycles. The highest BCUT2D eigenvalue weighted by Gasteiger charge is 2.48. The van der Waals surface area contributed by atoms with Gasteiger partial charge in [-0.1, -0.05) is 19.9 Å². The standard InChI is InChI=1S/C13H19FN2O/c1-13(2)10(7-11(13)17-3)16-9-6-4-5-8(14)12(9)15/h4-6,10-11,16H,7,15H2,1-3H3. The van der Waals surface area contributed by atoms with E-state index in [2.05, 4.69) is 19.2 Å². The summed E-state index contributed by atoms with van der Waals surface area (Å²) in [7, 11) is 1.72. The van der Waals surface area contributed by atoms with Gasteiger partial charge in [0.2, 0.25) is 0 Å². The van der Waals surface area contributed by atoms with E-state index in [1.54, 1.807) is 19.2 Å². The van der Waals surface area contributed by atoms with E-state index in [1.807, 2.05) is 0 Å². The third kappa shape index (κ3) is 1.97. The van der Waals surface area contributed by atoms with Gasteiger partial charge in [-0.05, 0) is 18.6 Å². The number of ether oxygens (including phenoxy) is 1. The number of nitrogens with one attached hydrogen (secondary N) is 1. The van der Waals surface area contributed by atoms with Crippen LogP contribution in [0.1, 0.15) is 20.3 Å². The molecule has 0 aromatic heterocycles. The second-order valence-electron chi connectivity index (χ2n) is 5.18. The molecule has 3 nitrogen and oxygen atoms in total. The maximum atomic E-state index is 13.3. The van der Waals surface area contributed by atoms with Crippen LogP contribution in [0.5, 0.6) is 0 Å². The number of para-hydroxylation sites is 1. The number of halogens is 1. The minimum absolute atomic E-state index is 0.0352. The van der Waals surface area contributed by atoms with Gasteiger partial charge in [-0.25, -0.2) is 4.39 Å². The molecule has 0 heterocycles. The smallest absolute Gasteiger partial charge is 0.148 e. The van der Waals surface area contributed by atoms with Gasteiger partial charge >= 0.3 is 0 Å². The molecule has 2 atom stereocenters. The van der Waals surface area contributed by atoms with Crippen molar-refractivity contribution in [3.8, 4) is 0 Å². The Labute approximate surface area is 101 Å². The van der Waals surface area contributed by atoms with Crippen molar-refractivity contribution in [2.45, 2.75) is 32.4 Å². The van der Waals surface area contributed by atoms with Gasteiger partial charge in [-0.2, -0.15) is 0 Å². The van der Waals surface area contributed by atoms with Gasteiger partial charge in [0.25, 0.3) is 0 Å². The largest absolute Gasteiger partial charge is 0.395 e. The molecule has 0 radical (unpaired) electrons. The van der Waals surface area contributed by atoms with Crippen molar-refractivity contribution in [3.63, 3.8) is 0 Å². The summed E-state index contributed by atoms with van der Waals surface area (Å²) in [6, 6.07) is 5.09. The van der Waals surface area contributed by atoms with Crippen LogP contribution in [-0.4, -0.2) is 19.3 Å². The van der Waals surface area contributed by atoms with Crippen LogP contribution in [0.4, 0.5) is 15.8 Å². The van der Waals surface area contributed by atoms with E-state index in [9.17, 15) is 4.39 Å². The molecular weight excluding hydrogens is 219 g/mol. The Kier molecular flexibility index (Phi) is 3.00. The van der Waals surface area contributed by atoms with Gasteiger partial charge < -0.3 is 15.8 Å². The van der Waals surface area contributed by atoms with Crippen molar-refractivity contribution in [1.82, 2.24) is 0 Å². The summed E-state index contributed by atoms with van der Waals surface area (Å²) in [4.78, 5) is 0. The van der Waals surface area contributed by atoms with Gasteiger partial charge in [-0.15, -0.1) is 0 Å². The molecule has 0 aliphatic heterocycles. The average molecular weight is 238 g/mol. The zero-order valence-electron chi connectivity index (χ0n) is 10.5. The fourth-order valence-electron chi connectivity index (χ4n) is 2.38. The van der Waals surface area contributed by atoms with Gasteiger partial charge in [0.15, 0.2) is 0 Å². The van der Waals surface area contributed by atoms with E-state index < -0.39 is 0 Å². The topological polar surface area (TPSA) is 47.3 Å². The van der Waals surface area contributed by atoms with Crippen LogP contribution in [0.3, 0.4) is 0 Å². The first-order valence-corrected chi connectivity index (χ1v) is 5.80. The number of methoxy groups -OCH3 is 1. The predicted molar refractivity (Wildman–Crippen MR) is 67.4 cm³/mol. The van der Waals surface area contributed by atoms with Crippen LogP contribution >= 0.6 is 0 Å². The Morgan fingerprint density at radius 3 is 2.76 bits per heavy atom. The third-order valence-corrected chi connectivity index (χ3v) is 3.84. The molecule has 1 aromatic rings. The lowest BCUT2D eigenvalue weighted by molar-refractivity contribution is -0.0794. The van der Waals surface area contributed by atoms with Crippen molar-refractivity contribution in [1.29, 1.82) is 0 Å². The fourth-order valence-corrected chi connectivity index (χ4v) is 2.38. The Balaban J connectivity index is 2.11. The fraction of sp³-hybridized carbons (Fsp3) is 0.538. The van der Waals surface area contributed by atoms with Crippen LogP contribution in [0.25, 0.3) is 0 Å². The number of hydrogen-bond acceptors (Lipinski definition) is 3. The Morgan fingerprint density at radius 1 is 1.47 bits per heavy atom. The van der Waals surface area contributed by atoms with Gasteiger partial charge in [0.1, 0.15) is 5.82 Å². The molecule has 0 bridgehead atoms. The highest BCUT2D eigenvalue weighted by molar-refractivity contribution is 5.67. The van der Waals surface area contributed by atoms with Crippen LogP contribution in [0.2, 0.25) is 0 Å². The average Bonchev–Trinajstić information content (AvgIpc) is 2.29. The molecule has 4 heteroatoms. The van der Waals surface area contributed by atoms with Crippen LogP contribution in [-0.2, 0) is 4.74 Å². The van der Waals surface area contributed by atoms with E-state index in [0.29, 0.717) is 5.69 Å². The van der Waals surface area contributed by atoms with Gasteiger partial charge in [0.05, 0.1) is 17.5 Å².